The summed E-state index contributed by atoms with van der Waals surface area (Å²) in [6.07, 6.45) is 1.08. The summed E-state index contributed by atoms with van der Waals surface area (Å²) < 4.78 is 0. The zero-order valence-corrected chi connectivity index (χ0v) is 37.4. The van der Waals surface area contributed by atoms with Crippen LogP contribution in [0.5, 0.6) is 0 Å². The van der Waals surface area contributed by atoms with E-state index in [1.54, 1.807) is 0 Å². The molecule has 7 aromatic carbocycles. The van der Waals surface area contributed by atoms with E-state index in [2.05, 4.69) is 197 Å². The number of rotatable bonds is 7. The van der Waals surface area contributed by atoms with Crippen LogP contribution in [0.15, 0.2) is 127 Å². The molecular weight excluding hydrogens is 732 g/mol. The molecule has 0 radical (unpaired) electrons. The van der Waals surface area contributed by atoms with Crippen LogP contribution in [-0.4, -0.2) is 5.78 Å². The second kappa shape index (κ2) is 16.4. The molecule has 0 saturated carbocycles. The summed E-state index contributed by atoms with van der Waals surface area (Å²) in [5.74, 6) is 0.348. The second-order valence-electron chi connectivity index (χ2n) is 17.1. The SMILES string of the molecule is Cc1c(C)c(C)c(-c2cccc(-c3c(C)c(C)c(C)c(C)c3C)c2P2C(c3ccc(-c4ccccc4)cc3)CC(=O)CC2c2ccc(-c3ccccc3)cc2)c(C)c1C. The van der Waals surface area contributed by atoms with Gasteiger partial charge in [0, 0.05) is 24.2 Å². The van der Waals surface area contributed by atoms with E-state index in [0.29, 0.717) is 18.6 Å². The van der Waals surface area contributed by atoms with Crippen LogP contribution in [0.1, 0.15) is 90.9 Å². The number of hydrogen-bond acceptors (Lipinski definition) is 1. The largest absolute Gasteiger partial charge is 0.300 e. The Morgan fingerprint density at radius 2 is 0.661 bits per heavy atom. The Morgan fingerprint density at radius 1 is 0.356 bits per heavy atom. The standard InChI is InChI=1S/C57H57OP/c1-34-36(3)40(7)55(41(8)37(34)4)51-22-17-23-52(56-42(9)38(5)35(2)39(6)43(56)10)57(51)59-53(48-28-24-46(25-29-48)44-18-13-11-14-19-44)32-50(58)33-54(59)49-30-26-47(27-31-49)45-20-15-12-16-21-45/h11-31,53-54H,32-33H2,1-10H3. The summed E-state index contributed by atoms with van der Waals surface area (Å²) >= 11 is 0. The number of carbonyl (C=O) groups excluding carboxylic acids is 1. The lowest BCUT2D eigenvalue weighted by Gasteiger charge is -2.42. The number of ketones is 1. The van der Waals surface area contributed by atoms with E-state index in [1.165, 1.54) is 117 Å². The summed E-state index contributed by atoms with van der Waals surface area (Å²) in [7, 11) is -1.01. The van der Waals surface area contributed by atoms with E-state index in [-0.39, 0.29) is 11.3 Å². The van der Waals surface area contributed by atoms with E-state index >= 15 is 0 Å². The first-order valence-corrected chi connectivity index (χ1v) is 22.7. The smallest absolute Gasteiger partial charge is 0.134 e. The van der Waals surface area contributed by atoms with Crippen molar-refractivity contribution in [2.45, 2.75) is 93.4 Å². The van der Waals surface area contributed by atoms with E-state index in [4.69, 9.17) is 0 Å². The Morgan fingerprint density at radius 3 is 1.00 bits per heavy atom. The number of hydrogen-bond donors (Lipinski definition) is 0. The van der Waals surface area contributed by atoms with Gasteiger partial charge in [0.1, 0.15) is 5.78 Å². The average Bonchev–Trinajstić information content (AvgIpc) is 3.27. The van der Waals surface area contributed by atoms with Gasteiger partial charge in [0.15, 0.2) is 0 Å². The first-order chi connectivity index (χ1) is 28.4. The lowest BCUT2D eigenvalue weighted by Crippen LogP contribution is -2.26. The molecule has 1 aliphatic rings. The van der Waals surface area contributed by atoms with Crippen LogP contribution in [0.25, 0.3) is 44.5 Å². The summed E-state index contributed by atoms with van der Waals surface area (Å²) in [4.78, 5) is 14.4. The minimum Gasteiger partial charge on any atom is -0.300 e. The molecule has 296 valence electrons. The lowest BCUT2D eigenvalue weighted by atomic mass is 9.83. The van der Waals surface area contributed by atoms with Crippen molar-refractivity contribution in [1.82, 2.24) is 0 Å². The van der Waals surface area contributed by atoms with E-state index in [0.717, 1.165) is 0 Å². The molecule has 0 spiro atoms. The fourth-order valence-corrected chi connectivity index (χ4v) is 13.7. The molecule has 59 heavy (non-hydrogen) atoms. The quantitative estimate of drug-likeness (QED) is 0.147. The predicted molar refractivity (Wildman–Crippen MR) is 255 cm³/mol. The maximum Gasteiger partial charge on any atom is 0.134 e. The Hall–Kier alpha value is -5.36. The monoisotopic (exact) mass is 788 g/mol. The van der Waals surface area contributed by atoms with Gasteiger partial charge >= 0.3 is 0 Å². The van der Waals surface area contributed by atoms with Crippen molar-refractivity contribution >= 4 is 19.0 Å². The van der Waals surface area contributed by atoms with Crippen molar-refractivity contribution in [3.8, 4) is 44.5 Å². The first-order valence-electron chi connectivity index (χ1n) is 21.3. The van der Waals surface area contributed by atoms with Crippen molar-refractivity contribution < 1.29 is 4.79 Å². The molecule has 0 aliphatic carbocycles. The van der Waals surface area contributed by atoms with Crippen molar-refractivity contribution in [1.29, 1.82) is 0 Å². The Bertz CT molecular complexity index is 2460. The van der Waals surface area contributed by atoms with Gasteiger partial charge in [-0.25, -0.2) is 0 Å². The maximum atomic E-state index is 14.4. The molecule has 0 amide bonds. The fourth-order valence-electron chi connectivity index (χ4n) is 9.89. The molecule has 2 atom stereocenters. The minimum atomic E-state index is -1.01. The molecule has 1 aliphatic heterocycles. The molecule has 0 aromatic heterocycles. The molecule has 1 saturated heterocycles. The second-order valence-corrected chi connectivity index (χ2v) is 19.6. The van der Waals surface area contributed by atoms with Gasteiger partial charge in [0.2, 0.25) is 0 Å². The molecule has 2 heteroatoms. The van der Waals surface area contributed by atoms with Crippen LogP contribution >= 0.6 is 7.92 Å². The number of Topliss-reactive ketones (excluding diaryl/α,β-unsaturated/α-hetero) is 1. The minimum absolute atomic E-state index is 0.0382. The van der Waals surface area contributed by atoms with Crippen molar-refractivity contribution in [2.75, 3.05) is 0 Å². The third-order valence-corrected chi connectivity index (χ3v) is 17.5. The Balaban J connectivity index is 1.45. The van der Waals surface area contributed by atoms with E-state index in [1.807, 2.05) is 0 Å². The predicted octanol–water partition coefficient (Wildman–Crippen LogP) is 15.4. The van der Waals surface area contributed by atoms with E-state index in [9.17, 15) is 4.79 Å². The highest BCUT2D eigenvalue weighted by molar-refractivity contribution is 7.67. The van der Waals surface area contributed by atoms with Gasteiger partial charge < -0.3 is 0 Å². The van der Waals surface area contributed by atoms with Gasteiger partial charge in [-0.05, 0) is 186 Å². The van der Waals surface area contributed by atoms with Crippen LogP contribution in [0, 0.1) is 69.2 Å². The van der Waals surface area contributed by atoms with Gasteiger partial charge in [0.25, 0.3) is 0 Å². The highest BCUT2D eigenvalue weighted by atomic mass is 31.1. The summed E-state index contributed by atoms with van der Waals surface area (Å²) in [6.45, 7) is 23.0. The topological polar surface area (TPSA) is 17.1 Å². The molecule has 2 unspecified atom stereocenters. The fraction of sp³-hybridized carbons (Fsp3) is 0.246. The molecular formula is C57H57OP. The van der Waals surface area contributed by atoms with Gasteiger partial charge in [-0.15, -0.1) is 0 Å². The third kappa shape index (κ3) is 7.23. The van der Waals surface area contributed by atoms with Gasteiger partial charge in [-0.2, -0.15) is 0 Å². The first kappa shape index (κ1) is 40.4. The molecule has 7 aromatic rings. The highest BCUT2D eigenvalue weighted by Crippen LogP contribution is 2.68. The summed E-state index contributed by atoms with van der Waals surface area (Å²) in [5, 5.41) is 1.44. The molecule has 0 N–H and O–H groups in total. The van der Waals surface area contributed by atoms with Gasteiger partial charge in [-0.1, -0.05) is 135 Å². The zero-order valence-electron chi connectivity index (χ0n) is 36.5. The van der Waals surface area contributed by atoms with E-state index < -0.39 is 7.92 Å². The Labute approximate surface area is 354 Å². The van der Waals surface area contributed by atoms with Crippen LogP contribution in [0.2, 0.25) is 0 Å². The molecule has 8 rings (SSSR count). The summed E-state index contributed by atoms with van der Waals surface area (Å²) in [5.41, 5.74) is 26.4. The van der Waals surface area contributed by atoms with Crippen LogP contribution in [0.3, 0.4) is 0 Å². The number of benzene rings is 7. The third-order valence-electron chi connectivity index (χ3n) is 14.2. The Kier molecular flexibility index (Phi) is 11.2. The van der Waals surface area contributed by atoms with Crippen molar-refractivity contribution in [3.05, 3.63) is 194 Å². The van der Waals surface area contributed by atoms with Crippen molar-refractivity contribution in [3.63, 3.8) is 0 Å². The van der Waals surface area contributed by atoms with Crippen LogP contribution < -0.4 is 5.30 Å². The maximum absolute atomic E-state index is 14.4. The molecule has 1 heterocycles. The van der Waals surface area contributed by atoms with Crippen molar-refractivity contribution in [2.24, 2.45) is 0 Å². The average molecular weight is 789 g/mol. The van der Waals surface area contributed by atoms with Crippen LogP contribution in [0.4, 0.5) is 0 Å². The number of carbonyl (C=O) groups is 1. The van der Waals surface area contributed by atoms with Gasteiger partial charge in [-0.3, -0.25) is 4.79 Å². The summed E-state index contributed by atoms with van der Waals surface area (Å²) in [6, 6.07) is 46.8. The molecule has 0 bridgehead atoms. The normalized spacial score (nSPS) is 16.7. The zero-order chi connectivity index (χ0) is 41.7. The molecule has 1 nitrogen and oxygen atoms in total. The van der Waals surface area contributed by atoms with Gasteiger partial charge in [0.05, 0.1) is 0 Å². The molecule has 1 fully saturated rings. The van der Waals surface area contributed by atoms with Crippen LogP contribution in [-0.2, 0) is 4.79 Å². The lowest BCUT2D eigenvalue weighted by molar-refractivity contribution is -0.119. The highest BCUT2D eigenvalue weighted by Gasteiger charge is 2.42.